The Hall–Kier alpha value is -2.88. The number of rotatable bonds is 4. The average molecular weight is 350 g/mol. The van der Waals surface area contributed by atoms with Crippen molar-refractivity contribution in [2.75, 3.05) is 0 Å². The average Bonchev–Trinajstić information content (AvgIpc) is 2.63. The van der Waals surface area contributed by atoms with Crippen LogP contribution in [0, 0.1) is 13.8 Å². The van der Waals surface area contributed by atoms with E-state index >= 15 is 0 Å². The second-order valence-corrected chi connectivity index (χ2v) is 7.04. The normalized spacial score (nSPS) is 11.5. The van der Waals surface area contributed by atoms with E-state index in [9.17, 15) is 9.59 Å². The molecule has 0 radical (unpaired) electrons. The van der Waals surface area contributed by atoms with Crippen molar-refractivity contribution >= 4 is 16.9 Å². The highest BCUT2D eigenvalue weighted by Crippen LogP contribution is 2.27. The Morgan fingerprint density at radius 2 is 1.77 bits per heavy atom. The first-order valence-corrected chi connectivity index (χ1v) is 8.56. The number of aryl methyl sites for hydroxylation is 2. The highest BCUT2D eigenvalue weighted by atomic mass is 16.5. The molecule has 0 N–H and O–H groups in total. The fraction of sp³-hybridized carbons (Fsp3) is 0.273. The molecule has 134 valence electrons. The van der Waals surface area contributed by atoms with Gasteiger partial charge in [-0.15, -0.1) is 0 Å². The maximum absolute atomic E-state index is 12.7. The molecular formula is C22H22O4. The van der Waals surface area contributed by atoms with Gasteiger partial charge in [0.25, 0.3) is 0 Å². The molecule has 1 aromatic heterocycles. The van der Waals surface area contributed by atoms with E-state index in [-0.39, 0.29) is 12.6 Å². The molecule has 0 aliphatic rings. The third kappa shape index (κ3) is 3.27. The van der Waals surface area contributed by atoms with Crippen molar-refractivity contribution < 1.29 is 13.9 Å². The first-order chi connectivity index (χ1) is 12.3. The fourth-order valence-corrected chi connectivity index (χ4v) is 2.94. The van der Waals surface area contributed by atoms with Crippen molar-refractivity contribution in [3.8, 4) is 0 Å². The lowest BCUT2D eigenvalue weighted by Gasteiger charge is -2.23. The number of carbonyl (C=O) groups is 1. The summed E-state index contributed by atoms with van der Waals surface area (Å²) < 4.78 is 10.9. The molecule has 2 aromatic carbocycles. The number of fused-ring (bicyclic) bond motifs is 1. The topological polar surface area (TPSA) is 56.5 Å². The van der Waals surface area contributed by atoms with Crippen molar-refractivity contribution in [1.29, 1.82) is 0 Å². The maximum Gasteiger partial charge on any atom is 0.336 e. The number of hydrogen-bond acceptors (Lipinski definition) is 4. The first kappa shape index (κ1) is 17.9. The van der Waals surface area contributed by atoms with Crippen LogP contribution in [-0.2, 0) is 21.6 Å². The maximum atomic E-state index is 12.7. The standard InChI is InChI=1S/C22H22O4/c1-14-10-11-18-16(12-19(23)26-20(18)15(14)2)13-25-21(24)22(3,4)17-8-6-5-7-9-17/h5-12H,13H2,1-4H3. The molecule has 4 heteroatoms. The molecule has 0 saturated heterocycles. The number of benzene rings is 2. The molecule has 0 saturated carbocycles. The van der Waals surface area contributed by atoms with Gasteiger partial charge in [0.2, 0.25) is 0 Å². The van der Waals surface area contributed by atoms with E-state index in [1.807, 2.05) is 70.2 Å². The van der Waals surface area contributed by atoms with Crippen LogP contribution in [0.25, 0.3) is 11.0 Å². The quantitative estimate of drug-likeness (QED) is 0.516. The molecule has 0 spiro atoms. The van der Waals surface area contributed by atoms with Crippen molar-refractivity contribution in [3.05, 3.63) is 81.2 Å². The Balaban J connectivity index is 1.89. The Labute approximate surface area is 152 Å². The first-order valence-electron chi connectivity index (χ1n) is 8.56. The van der Waals surface area contributed by atoms with E-state index in [1.165, 1.54) is 6.07 Å². The predicted octanol–water partition coefficient (Wildman–Crippen LogP) is 4.43. The van der Waals surface area contributed by atoms with Crippen LogP contribution in [0.5, 0.6) is 0 Å². The van der Waals surface area contributed by atoms with Crippen LogP contribution in [0.4, 0.5) is 0 Å². The summed E-state index contributed by atoms with van der Waals surface area (Å²) in [5, 5.41) is 0.790. The molecule has 0 aliphatic carbocycles. The Morgan fingerprint density at radius 1 is 1.08 bits per heavy atom. The van der Waals surface area contributed by atoms with Gasteiger partial charge in [-0.25, -0.2) is 4.79 Å². The minimum Gasteiger partial charge on any atom is -0.460 e. The molecule has 0 atom stereocenters. The molecule has 3 aromatic rings. The monoisotopic (exact) mass is 350 g/mol. The van der Waals surface area contributed by atoms with E-state index in [4.69, 9.17) is 9.15 Å². The Morgan fingerprint density at radius 3 is 2.46 bits per heavy atom. The van der Waals surface area contributed by atoms with Crippen molar-refractivity contribution in [3.63, 3.8) is 0 Å². The van der Waals surface area contributed by atoms with Gasteiger partial charge in [0, 0.05) is 17.0 Å². The highest BCUT2D eigenvalue weighted by Gasteiger charge is 2.31. The summed E-state index contributed by atoms with van der Waals surface area (Å²) in [4.78, 5) is 24.6. The van der Waals surface area contributed by atoms with Crippen LogP contribution in [0.15, 0.2) is 57.7 Å². The zero-order chi connectivity index (χ0) is 18.9. The van der Waals surface area contributed by atoms with Gasteiger partial charge in [0.05, 0.1) is 5.41 Å². The van der Waals surface area contributed by atoms with E-state index in [2.05, 4.69) is 0 Å². The van der Waals surface area contributed by atoms with Crippen LogP contribution in [0.1, 0.15) is 36.1 Å². The van der Waals surface area contributed by atoms with Crippen molar-refractivity contribution in [1.82, 2.24) is 0 Å². The lowest BCUT2D eigenvalue weighted by atomic mass is 9.85. The predicted molar refractivity (Wildman–Crippen MR) is 101 cm³/mol. The number of esters is 1. The summed E-state index contributed by atoms with van der Waals surface area (Å²) in [5.74, 6) is -0.339. The van der Waals surface area contributed by atoms with E-state index in [0.717, 1.165) is 22.1 Å². The molecule has 3 rings (SSSR count). The van der Waals surface area contributed by atoms with Gasteiger partial charge in [0.15, 0.2) is 0 Å². The Kier molecular flexibility index (Phi) is 4.68. The van der Waals surface area contributed by atoms with Gasteiger partial charge in [-0.05, 0) is 44.4 Å². The molecule has 1 heterocycles. The van der Waals surface area contributed by atoms with Crippen molar-refractivity contribution in [2.24, 2.45) is 0 Å². The third-order valence-electron chi connectivity index (χ3n) is 4.88. The van der Waals surface area contributed by atoms with Crippen LogP contribution < -0.4 is 5.63 Å². The minimum atomic E-state index is -0.775. The Bertz CT molecular complexity index is 1010. The van der Waals surface area contributed by atoms with Crippen LogP contribution >= 0.6 is 0 Å². The smallest absolute Gasteiger partial charge is 0.336 e. The van der Waals surface area contributed by atoms with E-state index in [1.54, 1.807) is 0 Å². The fourth-order valence-electron chi connectivity index (χ4n) is 2.94. The zero-order valence-electron chi connectivity index (χ0n) is 15.5. The number of hydrogen-bond donors (Lipinski definition) is 0. The van der Waals surface area contributed by atoms with Gasteiger partial charge >= 0.3 is 11.6 Å². The summed E-state index contributed by atoms with van der Waals surface area (Å²) in [7, 11) is 0. The van der Waals surface area contributed by atoms with Gasteiger partial charge in [-0.2, -0.15) is 0 Å². The highest BCUT2D eigenvalue weighted by molar-refractivity contribution is 5.85. The summed E-state index contributed by atoms with van der Waals surface area (Å²) in [6.45, 7) is 7.56. The summed E-state index contributed by atoms with van der Waals surface area (Å²) in [6.07, 6.45) is 0. The molecule has 0 fully saturated rings. The molecule has 0 aliphatic heterocycles. The summed E-state index contributed by atoms with van der Waals surface area (Å²) >= 11 is 0. The van der Waals surface area contributed by atoms with Crippen LogP contribution in [0.3, 0.4) is 0 Å². The van der Waals surface area contributed by atoms with Gasteiger partial charge in [-0.3, -0.25) is 4.79 Å². The lowest BCUT2D eigenvalue weighted by Crippen LogP contribution is -2.31. The van der Waals surface area contributed by atoms with Crippen molar-refractivity contribution in [2.45, 2.75) is 39.7 Å². The molecule has 0 unspecified atom stereocenters. The number of ether oxygens (including phenoxy) is 1. The van der Waals surface area contributed by atoms with E-state index < -0.39 is 11.0 Å². The lowest BCUT2D eigenvalue weighted by molar-refractivity contribution is -0.150. The largest absolute Gasteiger partial charge is 0.460 e. The molecule has 26 heavy (non-hydrogen) atoms. The van der Waals surface area contributed by atoms with Gasteiger partial charge in [-0.1, -0.05) is 42.5 Å². The molecule has 0 amide bonds. The minimum absolute atomic E-state index is 0.0275. The second-order valence-electron chi connectivity index (χ2n) is 7.04. The summed E-state index contributed by atoms with van der Waals surface area (Å²) in [5.41, 5.74) is 2.82. The third-order valence-corrected chi connectivity index (χ3v) is 4.88. The number of carbonyl (C=O) groups excluding carboxylic acids is 1. The molecular weight excluding hydrogens is 328 g/mol. The molecule has 4 nitrogen and oxygen atoms in total. The second kappa shape index (κ2) is 6.79. The van der Waals surface area contributed by atoms with Crippen LogP contribution in [-0.4, -0.2) is 5.97 Å². The van der Waals surface area contributed by atoms with E-state index in [0.29, 0.717) is 11.1 Å². The SMILES string of the molecule is Cc1ccc2c(COC(=O)C(C)(C)c3ccccc3)cc(=O)oc2c1C. The van der Waals surface area contributed by atoms with Gasteiger partial charge in [0.1, 0.15) is 12.2 Å². The molecule has 0 bridgehead atoms. The zero-order valence-corrected chi connectivity index (χ0v) is 15.5. The van der Waals surface area contributed by atoms with Gasteiger partial charge < -0.3 is 9.15 Å². The van der Waals surface area contributed by atoms with Crippen LogP contribution in [0.2, 0.25) is 0 Å². The summed E-state index contributed by atoms with van der Waals surface area (Å²) in [6, 6.07) is 14.8.